The monoisotopic (exact) mass is 258 g/mol. The second-order valence-corrected chi connectivity index (χ2v) is 3.77. The van der Waals surface area contributed by atoms with Gasteiger partial charge in [-0.2, -0.15) is 0 Å². The zero-order valence-corrected chi connectivity index (χ0v) is 10.3. The molecular formula is C11H15BrO2. The van der Waals surface area contributed by atoms with Crippen molar-refractivity contribution >= 4 is 15.9 Å². The molecule has 78 valence electrons. The van der Waals surface area contributed by atoms with Crippen LogP contribution in [0.4, 0.5) is 0 Å². The SMILES string of the molecule is CCOc1cc(C)c(Br)cc1OCC. The normalized spacial score (nSPS) is 10.0. The van der Waals surface area contributed by atoms with Crippen LogP contribution < -0.4 is 9.47 Å². The van der Waals surface area contributed by atoms with Crippen LogP contribution in [-0.4, -0.2) is 13.2 Å². The van der Waals surface area contributed by atoms with Gasteiger partial charge >= 0.3 is 0 Å². The second kappa shape index (κ2) is 5.25. The van der Waals surface area contributed by atoms with E-state index in [2.05, 4.69) is 15.9 Å². The first-order valence-corrected chi connectivity index (χ1v) is 5.54. The minimum absolute atomic E-state index is 0.648. The minimum Gasteiger partial charge on any atom is -0.490 e. The summed E-state index contributed by atoms with van der Waals surface area (Å²) in [5.41, 5.74) is 1.15. The molecule has 0 fully saturated rings. The molecule has 0 aliphatic heterocycles. The summed E-state index contributed by atoms with van der Waals surface area (Å²) in [4.78, 5) is 0. The fourth-order valence-electron chi connectivity index (χ4n) is 1.17. The van der Waals surface area contributed by atoms with E-state index in [9.17, 15) is 0 Å². The van der Waals surface area contributed by atoms with E-state index in [1.54, 1.807) is 0 Å². The van der Waals surface area contributed by atoms with Gasteiger partial charge in [-0.3, -0.25) is 0 Å². The Morgan fingerprint density at radius 1 is 1.07 bits per heavy atom. The topological polar surface area (TPSA) is 18.5 Å². The van der Waals surface area contributed by atoms with Gasteiger partial charge in [0.2, 0.25) is 0 Å². The van der Waals surface area contributed by atoms with Crippen LogP contribution in [0.5, 0.6) is 11.5 Å². The lowest BCUT2D eigenvalue weighted by Gasteiger charge is -2.12. The summed E-state index contributed by atoms with van der Waals surface area (Å²) in [6.07, 6.45) is 0. The third kappa shape index (κ3) is 2.64. The Morgan fingerprint density at radius 3 is 2.07 bits per heavy atom. The molecule has 1 rings (SSSR count). The molecule has 0 bridgehead atoms. The minimum atomic E-state index is 0.648. The lowest BCUT2D eigenvalue weighted by atomic mass is 10.2. The third-order valence-corrected chi connectivity index (χ3v) is 2.68. The first kappa shape index (κ1) is 11.4. The molecule has 0 N–H and O–H groups in total. The van der Waals surface area contributed by atoms with Gasteiger partial charge in [0.05, 0.1) is 13.2 Å². The molecule has 0 saturated carbocycles. The van der Waals surface area contributed by atoms with Gasteiger partial charge in [0, 0.05) is 4.47 Å². The van der Waals surface area contributed by atoms with Gasteiger partial charge < -0.3 is 9.47 Å². The van der Waals surface area contributed by atoms with Gasteiger partial charge in [0.25, 0.3) is 0 Å². The molecule has 0 aliphatic carbocycles. The van der Waals surface area contributed by atoms with Crippen LogP contribution in [0, 0.1) is 6.92 Å². The summed E-state index contributed by atoms with van der Waals surface area (Å²) in [6.45, 7) is 7.26. The van der Waals surface area contributed by atoms with Crippen LogP contribution in [0.2, 0.25) is 0 Å². The Labute approximate surface area is 93.4 Å². The lowest BCUT2D eigenvalue weighted by Crippen LogP contribution is -1.99. The van der Waals surface area contributed by atoms with Crippen molar-refractivity contribution in [1.29, 1.82) is 0 Å². The maximum atomic E-state index is 5.48. The van der Waals surface area contributed by atoms with Crippen LogP contribution in [0.3, 0.4) is 0 Å². The van der Waals surface area contributed by atoms with Crippen molar-refractivity contribution < 1.29 is 9.47 Å². The number of ether oxygens (including phenoxy) is 2. The Balaban J connectivity index is 3.03. The van der Waals surface area contributed by atoms with Gasteiger partial charge in [-0.1, -0.05) is 15.9 Å². The third-order valence-electron chi connectivity index (χ3n) is 1.82. The first-order chi connectivity index (χ1) is 6.69. The van der Waals surface area contributed by atoms with Crippen LogP contribution in [0.1, 0.15) is 19.4 Å². The molecule has 3 heteroatoms. The highest BCUT2D eigenvalue weighted by atomic mass is 79.9. The average molecular weight is 259 g/mol. The quantitative estimate of drug-likeness (QED) is 0.823. The number of hydrogen-bond donors (Lipinski definition) is 0. The largest absolute Gasteiger partial charge is 0.490 e. The van der Waals surface area contributed by atoms with Crippen molar-refractivity contribution in [3.8, 4) is 11.5 Å². The van der Waals surface area contributed by atoms with E-state index < -0.39 is 0 Å². The predicted molar refractivity (Wildman–Crippen MR) is 61.2 cm³/mol. The molecule has 14 heavy (non-hydrogen) atoms. The van der Waals surface area contributed by atoms with Crippen molar-refractivity contribution in [2.75, 3.05) is 13.2 Å². The van der Waals surface area contributed by atoms with Crippen LogP contribution in [0.25, 0.3) is 0 Å². The standard InChI is InChI=1S/C11H15BrO2/c1-4-13-10-6-8(3)9(12)7-11(10)14-5-2/h6-7H,4-5H2,1-3H3. The molecule has 0 atom stereocenters. The Morgan fingerprint density at radius 2 is 1.57 bits per heavy atom. The maximum absolute atomic E-state index is 5.48. The number of hydrogen-bond acceptors (Lipinski definition) is 2. The molecule has 2 nitrogen and oxygen atoms in total. The summed E-state index contributed by atoms with van der Waals surface area (Å²) in [5, 5.41) is 0. The Kier molecular flexibility index (Phi) is 4.26. The van der Waals surface area contributed by atoms with Crippen LogP contribution >= 0.6 is 15.9 Å². The van der Waals surface area contributed by atoms with E-state index in [-0.39, 0.29) is 0 Å². The molecule has 1 aromatic carbocycles. The van der Waals surface area contributed by atoms with E-state index in [1.807, 2.05) is 32.9 Å². The zero-order valence-electron chi connectivity index (χ0n) is 8.76. The highest BCUT2D eigenvalue weighted by Crippen LogP contribution is 2.33. The van der Waals surface area contributed by atoms with Gasteiger partial charge in [-0.05, 0) is 38.5 Å². The van der Waals surface area contributed by atoms with Gasteiger partial charge in [-0.15, -0.1) is 0 Å². The maximum Gasteiger partial charge on any atom is 0.162 e. The zero-order chi connectivity index (χ0) is 10.6. The summed E-state index contributed by atoms with van der Waals surface area (Å²) >= 11 is 3.47. The summed E-state index contributed by atoms with van der Waals surface area (Å²) in [7, 11) is 0. The number of aryl methyl sites for hydroxylation is 1. The van der Waals surface area contributed by atoms with E-state index >= 15 is 0 Å². The summed E-state index contributed by atoms with van der Waals surface area (Å²) in [6, 6.07) is 3.93. The molecule has 0 radical (unpaired) electrons. The second-order valence-electron chi connectivity index (χ2n) is 2.91. The number of halogens is 1. The summed E-state index contributed by atoms with van der Waals surface area (Å²) < 4.78 is 12.0. The fraction of sp³-hybridized carbons (Fsp3) is 0.455. The fourth-order valence-corrected chi connectivity index (χ4v) is 1.50. The molecular weight excluding hydrogens is 244 g/mol. The molecule has 0 spiro atoms. The average Bonchev–Trinajstić information content (AvgIpc) is 2.14. The molecule has 0 aromatic heterocycles. The first-order valence-electron chi connectivity index (χ1n) is 4.74. The predicted octanol–water partition coefficient (Wildman–Crippen LogP) is 3.55. The van der Waals surface area contributed by atoms with Crippen molar-refractivity contribution in [2.45, 2.75) is 20.8 Å². The van der Waals surface area contributed by atoms with E-state index in [1.165, 1.54) is 0 Å². The molecule has 0 unspecified atom stereocenters. The molecule has 0 saturated heterocycles. The van der Waals surface area contributed by atoms with Crippen molar-refractivity contribution in [3.63, 3.8) is 0 Å². The number of benzene rings is 1. The van der Waals surface area contributed by atoms with Crippen molar-refractivity contribution in [2.24, 2.45) is 0 Å². The van der Waals surface area contributed by atoms with Crippen molar-refractivity contribution in [3.05, 3.63) is 22.2 Å². The van der Waals surface area contributed by atoms with Gasteiger partial charge in [0.1, 0.15) is 0 Å². The summed E-state index contributed by atoms with van der Waals surface area (Å²) in [5.74, 6) is 1.61. The smallest absolute Gasteiger partial charge is 0.162 e. The van der Waals surface area contributed by atoms with E-state index in [4.69, 9.17) is 9.47 Å². The van der Waals surface area contributed by atoms with Crippen LogP contribution in [0.15, 0.2) is 16.6 Å². The van der Waals surface area contributed by atoms with E-state index in [0.717, 1.165) is 21.5 Å². The lowest BCUT2D eigenvalue weighted by molar-refractivity contribution is 0.287. The van der Waals surface area contributed by atoms with Crippen molar-refractivity contribution in [1.82, 2.24) is 0 Å². The Hall–Kier alpha value is -0.700. The Bertz CT molecular complexity index is 279. The van der Waals surface area contributed by atoms with Gasteiger partial charge in [-0.25, -0.2) is 0 Å². The highest BCUT2D eigenvalue weighted by molar-refractivity contribution is 9.10. The van der Waals surface area contributed by atoms with Crippen LogP contribution in [-0.2, 0) is 0 Å². The molecule has 0 heterocycles. The number of rotatable bonds is 4. The highest BCUT2D eigenvalue weighted by Gasteiger charge is 2.07. The molecule has 0 aliphatic rings. The molecule has 0 amide bonds. The molecule has 1 aromatic rings. The van der Waals surface area contributed by atoms with E-state index in [0.29, 0.717) is 13.2 Å². The van der Waals surface area contributed by atoms with Gasteiger partial charge in [0.15, 0.2) is 11.5 Å².